The second-order valence-electron chi connectivity index (χ2n) is 5.60. The summed E-state index contributed by atoms with van der Waals surface area (Å²) in [5.74, 6) is 0.760. The molecule has 1 aliphatic heterocycles. The van der Waals surface area contributed by atoms with Gasteiger partial charge >= 0.3 is 0 Å². The topological polar surface area (TPSA) is 43.4 Å². The van der Waals surface area contributed by atoms with Gasteiger partial charge in [0.15, 0.2) is 9.84 Å². The Bertz CT molecular complexity index is 311. The maximum Gasteiger partial charge on any atom is 0.155 e. The predicted octanol–water partition coefficient (Wildman–Crippen LogP) is 2.26. The van der Waals surface area contributed by atoms with Gasteiger partial charge in [-0.15, -0.1) is 0 Å². The maximum atomic E-state index is 12.3. The normalized spacial score (nSPS) is 20.3. The van der Waals surface area contributed by atoms with E-state index in [1.54, 1.807) is 0 Å². The van der Waals surface area contributed by atoms with Crippen LogP contribution in [0, 0.1) is 11.8 Å². The van der Waals surface area contributed by atoms with Crippen LogP contribution in [-0.2, 0) is 14.6 Å². The van der Waals surface area contributed by atoms with Crippen molar-refractivity contribution in [3.05, 3.63) is 0 Å². The first-order chi connectivity index (χ1) is 7.27. The largest absolute Gasteiger partial charge is 0.381 e. The molecule has 0 aliphatic carbocycles. The Balaban J connectivity index is 2.70. The smallest absolute Gasteiger partial charge is 0.155 e. The van der Waals surface area contributed by atoms with Crippen LogP contribution in [0.15, 0.2) is 0 Å². The van der Waals surface area contributed by atoms with Crippen LogP contribution in [-0.4, -0.2) is 32.1 Å². The molecule has 0 spiro atoms. The summed E-state index contributed by atoms with van der Waals surface area (Å²) < 4.78 is 29.3. The van der Waals surface area contributed by atoms with Crippen molar-refractivity contribution in [1.82, 2.24) is 0 Å². The number of rotatable bonds is 4. The Morgan fingerprint density at radius 1 is 1.25 bits per heavy atom. The molecule has 0 radical (unpaired) electrons. The average Bonchev–Trinajstić information content (AvgIpc) is 2.18. The van der Waals surface area contributed by atoms with Crippen molar-refractivity contribution < 1.29 is 13.2 Å². The lowest BCUT2D eigenvalue weighted by molar-refractivity contribution is 0.0722. The summed E-state index contributed by atoms with van der Waals surface area (Å²) in [6.45, 7) is 9.05. The van der Waals surface area contributed by atoms with Crippen molar-refractivity contribution in [3.8, 4) is 0 Å². The van der Waals surface area contributed by atoms with Gasteiger partial charge in [0.1, 0.15) is 0 Å². The third kappa shape index (κ3) is 2.98. The van der Waals surface area contributed by atoms with Crippen LogP contribution in [0.25, 0.3) is 0 Å². The van der Waals surface area contributed by atoms with Crippen LogP contribution < -0.4 is 0 Å². The highest BCUT2D eigenvalue weighted by molar-refractivity contribution is 7.92. The summed E-state index contributed by atoms with van der Waals surface area (Å²) in [5.41, 5.74) is 0. The SMILES string of the molecule is CC(C)C(C)(C)S(=O)(=O)CC1CCOCC1. The quantitative estimate of drug-likeness (QED) is 0.766. The van der Waals surface area contributed by atoms with Gasteiger partial charge in [-0.2, -0.15) is 0 Å². The molecule has 1 fully saturated rings. The van der Waals surface area contributed by atoms with Crippen molar-refractivity contribution in [2.45, 2.75) is 45.3 Å². The molecule has 1 aliphatic rings. The molecule has 0 amide bonds. The molecule has 0 aromatic heterocycles. The van der Waals surface area contributed by atoms with Crippen LogP contribution in [0.1, 0.15) is 40.5 Å². The van der Waals surface area contributed by atoms with Crippen LogP contribution >= 0.6 is 0 Å². The second-order valence-corrected chi connectivity index (χ2v) is 8.21. The van der Waals surface area contributed by atoms with Crippen LogP contribution in [0.5, 0.6) is 0 Å². The molecule has 4 heteroatoms. The van der Waals surface area contributed by atoms with Crippen molar-refractivity contribution in [2.75, 3.05) is 19.0 Å². The first-order valence-electron chi connectivity index (χ1n) is 6.07. The molecule has 1 rings (SSSR count). The van der Waals surface area contributed by atoms with Gasteiger partial charge in [-0.05, 0) is 38.5 Å². The van der Waals surface area contributed by atoms with Crippen molar-refractivity contribution >= 4 is 9.84 Å². The van der Waals surface area contributed by atoms with Crippen LogP contribution in [0.2, 0.25) is 0 Å². The minimum absolute atomic E-state index is 0.150. The lowest BCUT2D eigenvalue weighted by atomic mass is 9.99. The second kappa shape index (κ2) is 5.05. The lowest BCUT2D eigenvalue weighted by Gasteiger charge is -2.32. The van der Waals surface area contributed by atoms with Gasteiger partial charge in [0, 0.05) is 13.2 Å². The zero-order valence-electron chi connectivity index (χ0n) is 10.8. The first kappa shape index (κ1) is 14.0. The number of ether oxygens (including phenoxy) is 1. The van der Waals surface area contributed by atoms with Crippen LogP contribution in [0.4, 0.5) is 0 Å². The first-order valence-corrected chi connectivity index (χ1v) is 7.72. The van der Waals surface area contributed by atoms with Gasteiger partial charge in [0.2, 0.25) is 0 Å². The molecule has 1 saturated heterocycles. The minimum Gasteiger partial charge on any atom is -0.381 e. The zero-order chi connectivity index (χ0) is 12.4. The number of hydrogen-bond acceptors (Lipinski definition) is 3. The molecule has 0 aromatic rings. The van der Waals surface area contributed by atoms with E-state index in [9.17, 15) is 8.42 Å². The fourth-order valence-corrected chi connectivity index (χ4v) is 3.90. The standard InChI is InChI=1S/C12H24O3S/c1-10(2)12(3,4)16(13,14)9-11-5-7-15-8-6-11/h10-11H,5-9H2,1-4H3. The maximum absolute atomic E-state index is 12.3. The molecule has 1 heterocycles. The Hall–Kier alpha value is -0.0900. The summed E-state index contributed by atoms with van der Waals surface area (Å²) in [4.78, 5) is 0. The molecular weight excluding hydrogens is 224 g/mol. The zero-order valence-corrected chi connectivity index (χ0v) is 11.6. The van der Waals surface area contributed by atoms with E-state index in [2.05, 4.69) is 0 Å². The van der Waals surface area contributed by atoms with Crippen molar-refractivity contribution in [1.29, 1.82) is 0 Å². The Kier molecular flexibility index (Phi) is 4.41. The molecule has 0 N–H and O–H groups in total. The fraction of sp³-hybridized carbons (Fsp3) is 1.00. The molecule has 0 atom stereocenters. The molecule has 0 unspecified atom stereocenters. The van der Waals surface area contributed by atoms with E-state index in [0.717, 1.165) is 12.8 Å². The summed E-state index contributed by atoms with van der Waals surface area (Å²) >= 11 is 0. The van der Waals surface area contributed by atoms with Gasteiger partial charge < -0.3 is 4.74 Å². The van der Waals surface area contributed by atoms with E-state index in [0.29, 0.717) is 19.0 Å². The van der Waals surface area contributed by atoms with Gasteiger partial charge in [-0.3, -0.25) is 0 Å². The van der Waals surface area contributed by atoms with Gasteiger partial charge in [0.05, 0.1) is 10.5 Å². The van der Waals surface area contributed by atoms with E-state index in [-0.39, 0.29) is 11.8 Å². The molecule has 96 valence electrons. The summed E-state index contributed by atoms with van der Waals surface area (Å²) in [6.07, 6.45) is 1.76. The third-order valence-electron chi connectivity index (χ3n) is 3.99. The van der Waals surface area contributed by atoms with Gasteiger partial charge in [-0.25, -0.2) is 8.42 Å². The van der Waals surface area contributed by atoms with E-state index in [1.807, 2.05) is 27.7 Å². The Morgan fingerprint density at radius 2 is 1.75 bits per heavy atom. The van der Waals surface area contributed by atoms with Crippen molar-refractivity contribution in [2.24, 2.45) is 11.8 Å². The average molecular weight is 248 g/mol. The Morgan fingerprint density at radius 3 is 2.19 bits per heavy atom. The number of sulfone groups is 1. The Labute approximate surface area is 99.5 Å². The van der Waals surface area contributed by atoms with Crippen molar-refractivity contribution in [3.63, 3.8) is 0 Å². The van der Waals surface area contributed by atoms with Crippen LogP contribution in [0.3, 0.4) is 0 Å². The molecule has 0 bridgehead atoms. The number of hydrogen-bond donors (Lipinski definition) is 0. The highest BCUT2D eigenvalue weighted by Gasteiger charge is 2.38. The van der Waals surface area contributed by atoms with Gasteiger partial charge in [0.25, 0.3) is 0 Å². The molecule has 3 nitrogen and oxygen atoms in total. The highest BCUT2D eigenvalue weighted by atomic mass is 32.2. The van der Waals surface area contributed by atoms with Gasteiger partial charge in [-0.1, -0.05) is 13.8 Å². The highest BCUT2D eigenvalue weighted by Crippen LogP contribution is 2.29. The molecule has 0 aromatic carbocycles. The van der Waals surface area contributed by atoms with E-state index in [1.165, 1.54) is 0 Å². The summed E-state index contributed by atoms with van der Waals surface area (Å²) in [7, 11) is -3.01. The van der Waals surface area contributed by atoms with E-state index >= 15 is 0 Å². The summed E-state index contributed by atoms with van der Waals surface area (Å²) in [6, 6.07) is 0. The van der Waals surface area contributed by atoms with E-state index in [4.69, 9.17) is 4.74 Å². The minimum atomic E-state index is -3.01. The molecule has 16 heavy (non-hydrogen) atoms. The van der Waals surface area contributed by atoms with E-state index < -0.39 is 14.6 Å². The lowest BCUT2D eigenvalue weighted by Crippen LogP contribution is -2.41. The third-order valence-corrected chi connectivity index (χ3v) is 6.97. The monoisotopic (exact) mass is 248 g/mol. The predicted molar refractivity (Wildman–Crippen MR) is 66.2 cm³/mol. The summed E-state index contributed by atoms with van der Waals surface area (Å²) in [5, 5.41) is 0. The molecule has 0 saturated carbocycles. The fourth-order valence-electron chi connectivity index (χ4n) is 1.80. The molecular formula is C12H24O3S.